The van der Waals surface area contributed by atoms with Crippen molar-refractivity contribution >= 4 is 17.3 Å². The Hall–Kier alpha value is -1.31. The van der Waals surface area contributed by atoms with Crippen LogP contribution in [0.25, 0.3) is 0 Å². The molecule has 0 fully saturated rings. The number of aryl methyl sites for hydroxylation is 2. The lowest BCUT2D eigenvalue weighted by atomic mass is 10.1. The zero-order chi connectivity index (χ0) is 11.4. The van der Waals surface area contributed by atoms with Gasteiger partial charge in [0, 0.05) is 9.75 Å². The van der Waals surface area contributed by atoms with E-state index in [2.05, 4.69) is 11.2 Å². The SMILES string of the molecule is C#CCNC(C(=O)O)c1cc(C)sc1C. The van der Waals surface area contributed by atoms with Gasteiger partial charge in [-0.1, -0.05) is 5.92 Å². The average Bonchev–Trinajstić information content (AvgIpc) is 2.46. The average molecular weight is 223 g/mol. The minimum atomic E-state index is -0.897. The molecule has 0 aromatic carbocycles. The molecule has 0 aliphatic carbocycles. The third-order valence-corrected chi connectivity index (χ3v) is 3.03. The summed E-state index contributed by atoms with van der Waals surface area (Å²) in [5.74, 6) is 1.48. The number of nitrogens with one attached hydrogen (secondary N) is 1. The van der Waals surface area contributed by atoms with Crippen LogP contribution in [0.15, 0.2) is 6.07 Å². The zero-order valence-electron chi connectivity index (χ0n) is 8.70. The van der Waals surface area contributed by atoms with E-state index in [0.717, 1.165) is 15.3 Å². The van der Waals surface area contributed by atoms with E-state index in [9.17, 15) is 4.79 Å². The third-order valence-electron chi connectivity index (χ3n) is 2.05. The van der Waals surface area contributed by atoms with Gasteiger partial charge in [0.2, 0.25) is 0 Å². The van der Waals surface area contributed by atoms with Gasteiger partial charge in [0.15, 0.2) is 0 Å². The molecule has 0 bridgehead atoms. The molecule has 0 amide bonds. The number of rotatable bonds is 4. The summed E-state index contributed by atoms with van der Waals surface area (Å²) in [4.78, 5) is 13.2. The van der Waals surface area contributed by atoms with Crippen LogP contribution < -0.4 is 5.32 Å². The highest BCUT2D eigenvalue weighted by Crippen LogP contribution is 2.26. The number of carboxylic acids is 1. The van der Waals surface area contributed by atoms with Crippen LogP contribution in [-0.2, 0) is 4.79 Å². The van der Waals surface area contributed by atoms with Crippen LogP contribution >= 0.6 is 11.3 Å². The molecule has 0 saturated carbocycles. The van der Waals surface area contributed by atoms with Crippen LogP contribution in [0.4, 0.5) is 0 Å². The summed E-state index contributed by atoms with van der Waals surface area (Å²) in [6.45, 7) is 4.13. The Morgan fingerprint density at radius 2 is 2.40 bits per heavy atom. The summed E-state index contributed by atoms with van der Waals surface area (Å²) in [5.41, 5.74) is 0.806. The highest BCUT2D eigenvalue weighted by atomic mass is 32.1. The number of carboxylic acid groups (broad SMARTS) is 1. The van der Waals surface area contributed by atoms with Gasteiger partial charge in [-0.15, -0.1) is 17.8 Å². The van der Waals surface area contributed by atoms with Gasteiger partial charge in [-0.05, 0) is 25.5 Å². The van der Waals surface area contributed by atoms with E-state index >= 15 is 0 Å². The Morgan fingerprint density at radius 1 is 1.73 bits per heavy atom. The van der Waals surface area contributed by atoms with E-state index < -0.39 is 12.0 Å². The van der Waals surface area contributed by atoms with E-state index in [4.69, 9.17) is 11.5 Å². The van der Waals surface area contributed by atoms with Crippen LogP contribution in [0, 0.1) is 26.2 Å². The molecular formula is C11H13NO2S. The topological polar surface area (TPSA) is 49.3 Å². The van der Waals surface area contributed by atoms with Gasteiger partial charge in [0.05, 0.1) is 6.54 Å². The normalized spacial score (nSPS) is 12.1. The summed E-state index contributed by atoms with van der Waals surface area (Å²) >= 11 is 1.59. The van der Waals surface area contributed by atoms with Crippen LogP contribution in [0.3, 0.4) is 0 Å². The molecule has 1 aromatic heterocycles. The highest BCUT2D eigenvalue weighted by molar-refractivity contribution is 7.12. The molecule has 80 valence electrons. The minimum Gasteiger partial charge on any atom is -0.480 e. The summed E-state index contributed by atoms with van der Waals surface area (Å²) in [5, 5.41) is 11.9. The second-order valence-electron chi connectivity index (χ2n) is 3.22. The molecule has 15 heavy (non-hydrogen) atoms. The largest absolute Gasteiger partial charge is 0.480 e. The zero-order valence-corrected chi connectivity index (χ0v) is 9.52. The number of hydrogen-bond acceptors (Lipinski definition) is 3. The van der Waals surface area contributed by atoms with Gasteiger partial charge in [-0.2, -0.15) is 0 Å². The van der Waals surface area contributed by atoms with Crippen LogP contribution in [0.1, 0.15) is 21.4 Å². The molecular weight excluding hydrogens is 210 g/mol. The highest BCUT2D eigenvalue weighted by Gasteiger charge is 2.21. The molecule has 1 heterocycles. The third kappa shape index (κ3) is 2.82. The Bertz CT molecular complexity index is 403. The lowest BCUT2D eigenvalue weighted by Gasteiger charge is -2.12. The van der Waals surface area contributed by atoms with Crippen molar-refractivity contribution in [3.63, 3.8) is 0 Å². The number of aliphatic carboxylic acids is 1. The van der Waals surface area contributed by atoms with Crippen molar-refractivity contribution in [2.24, 2.45) is 0 Å². The summed E-state index contributed by atoms with van der Waals surface area (Å²) in [6.07, 6.45) is 5.10. The van der Waals surface area contributed by atoms with Crippen LogP contribution in [0.2, 0.25) is 0 Å². The number of terminal acetylenes is 1. The van der Waals surface area contributed by atoms with Crippen molar-refractivity contribution < 1.29 is 9.90 Å². The van der Waals surface area contributed by atoms with E-state index in [1.54, 1.807) is 11.3 Å². The molecule has 1 rings (SSSR count). The van der Waals surface area contributed by atoms with Gasteiger partial charge < -0.3 is 5.11 Å². The monoisotopic (exact) mass is 223 g/mol. The standard InChI is InChI=1S/C11H13NO2S/c1-4-5-12-10(11(13)14)9-6-7(2)15-8(9)3/h1,6,10,12H,5H2,2-3H3,(H,13,14). The Morgan fingerprint density at radius 3 is 2.80 bits per heavy atom. The fourth-order valence-corrected chi connectivity index (χ4v) is 2.39. The number of thiophene rings is 1. The summed E-state index contributed by atoms with van der Waals surface area (Å²) in [7, 11) is 0. The predicted octanol–water partition coefficient (Wildman–Crippen LogP) is 1.71. The molecule has 3 nitrogen and oxygen atoms in total. The van der Waals surface area contributed by atoms with Crippen molar-refractivity contribution in [2.75, 3.05) is 6.54 Å². The van der Waals surface area contributed by atoms with Crippen molar-refractivity contribution in [1.29, 1.82) is 0 Å². The molecule has 0 aliphatic heterocycles. The van der Waals surface area contributed by atoms with Gasteiger partial charge in [0.1, 0.15) is 6.04 Å². The first-order chi connectivity index (χ1) is 7.06. The van der Waals surface area contributed by atoms with Gasteiger partial charge in [-0.3, -0.25) is 10.1 Å². The van der Waals surface area contributed by atoms with E-state index in [-0.39, 0.29) is 6.54 Å². The molecule has 0 radical (unpaired) electrons. The molecule has 1 unspecified atom stereocenters. The number of hydrogen-bond donors (Lipinski definition) is 2. The Balaban J connectivity index is 2.94. The first kappa shape index (κ1) is 11.8. The Labute approximate surface area is 93.1 Å². The molecule has 0 spiro atoms. The van der Waals surface area contributed by atoms with Crippen molar-refractivity contribution in [3.05, 3.63) is 21.4 Å². The second-order valence-corrected chi connectivity index (χ2v) is 4.69. The molecule has 0 aliphatic rings. The molecule has 4 heteroatoms. The Kier molecular flexibility index (Phi) is 3.89. The van der Waals surface area contributed by atoms with E-state index in [0.29, 0.717) is 0 Å². The fraction of sp³-hybridized carbons (Fsp3) is 0.364. The second kappa shape index (κ2) is 4.96. The molecule has 2 N–H and O–H groups in total. The molecule has 1 atom stereocenters. The summed E-state index contributed by atoms with van der Waals surface area (Å²) < 4.78 is 0. The maximum atomic E-state index is 11.0. The summed E-state index contributed by atoms with van der Waals surface area (Å²) in [6, 6.07) is 1.19. The van der Waals surface area contributed by atoms with Crippen LogP contribution in [-0.4, -0.2) is 17.6 Å². The van der Waals surface area contributed by atoms with Crippen molar-refractivity contribution in [3.8, 4) is 12.3 Å². The lowest BCUT2D eigenvalue weighted by molar-refractivity contribution is -0.139. The predicted molar refractivity (Wildman–Crippen MR) is 61.0 cm³/mol. The molecule has 0 saturated heterocycles. The smallest absolute Gasteiger partial charge is 0.325 e. The van der Waals surface area contributed by atoms with Gasteiger partial charge in [0.25, 0.3) is 0 Å². The molecule has 1 aromatic rings. The van der Waals surface area contributed by atoms with Gasteiger partial charge >= 0.3 is 5.97 Å². The van der Waals surface area contributed by atoms with Crippen molar-refractivity contribution in [1.82, 2.24) is 5.32 Å². The maximum Gasteiger partial charge on any atom is 0.325 e. The van der Waals surface area contributed by atoms with Crippen LogP contribution in [0.5, 0.6) is 0 Å². The first-order valence-corrected chi connectivity index (χ1v) is 5.34. The quantitative estimate of drug-likeness (QED) is 0.764. The number of carbonyl (C=O) groups is 1. The maximum absolute atomic E-state index is 11.0. The van der Waals surface area contributed by atoms with Crippen molar-refractivity contribution in [2.45, 2.75) is 19.9 Å². The van der Waals surface area contributed by atoms with E-state index in [1.165, 1.54) is 0 Å². The first-order valence-electron chi connectivity index (χ1n) is 4.53. The minimum absolute atomic E-state index is 0.255. The van der Waals surface area contributed by atoms with Gasteiger partial charge in [-0.25, -0.2) is 0 Å². The lowest BCUT2D eigenvalue weighted by Crippen LogP contribution is -2.28. The van der Waals surface area contributed by atoms with E-state index in [1.807, 2.05) is 19.9 Å². The fourth-order valence-electron chi connectivity index (χ4n) is 1.43.